The van der Waals surface area contributed by atoms with E-state index in [2.05, 4.69) is 15.9 Å². The predicted molar refractivity (Wildman–Crippen MR) is 64.9 cm³/mol. The van der Waals surface area contributed by atoms with E-state index >= 15 is 0 Å². The van der Waals surface area contributed by atoms with Gasteiger partial charge in [-0.25, -0.2) is 0 Å². The van der Waals surface area contributed by atoms with E-state index in [1.165, 1.54) is 12.8 Å². The van der Waals surface area contributed by atoms with Gasteiger partial charge in [-0.2, -0.15) is 0 Å². The van der Waals surface area contributed by atoms with E-state index in [-0.39, 0.29) is 5.54 Å². The third-order valence-electron chi connectivity index (χ3n) is 3.27. The summed E-state index contributed by atoms with van der Waals surface area (Å²) in [6.45, 7) is 1.98. The van der Waals surface area contributed by atoms with Gasteiger partial charge in [0.15, 0.2) is 0 Å². The average Bonchev–Trinajstić information content (AvgIpc) is 2.59. The standard InChI is InChI=1S/C12H16BrNO/c1-8-6-9(15)7-10(11(8)13)12(14)4-2-3-5-12/h6-7,15H,2-5,14H2,1H3. The average molecular weight is 270 g/mol. The van der Waals surface area contributed by atoms with E-state index in [0.717, 1.165) is 28.4 Å². The molecule has 0 spiro atoms. The Kier molecular flexibility index (Phi) is 2.77. The van der Waals surface area contributed by atoms with Crippen molar-refractivity contribution in [3.05, 3.63) is 27.7 Å². The molecule has 1 aliphatic rings. The maximum atomic E-state index is 9.62. The first-order valence-electron chi connectivity index (χ1n) is 5.31. The summed E-state index contributed by atoms with van der Waals surface area (Å²) < 4.78 is 1.05. The number of benzene rings is 1. The van der Waals surface area contributed by atoms with Crippen LogP contribution in [0.1, 0.15) is 36.8 Å². The molecular formula is C12H16BrNO. The molecular weight excluding hydrogens is 254 g/mol. The summed E-state index contributed by atoms with van der Waals surface area (Å²) in [5, 5.41) is 9.62. The van der Waals surface area contributed by atoms with E-state index in [0.29, 0.717) is 5.75 Å². The van der Waals surface area contributed by atoms with Crippen LogP contribution < -0.4 is 5.73 Å². The molecule has 2 rings (SSSR count). The van der Waals surface area contributed by atoms with Crippen molar-refractivity contribution in [3.8, 4) is 5.75 Å². The highest BCUT2D eigenvalue weighted by atomic mass is 79.9. The molecule has 0 amide bonds. The Morgan fingerprint density at radius 3 is 2.53 bits per heavy atom. The maximum absolute atomic E-state index is 9.62. The Morgan fingerprint density at radius 2 is 1.93 bits per heavy atom. The maximum Gasteiger partial charge on any atom is 0.116 e. The second-order valence-corrected chi connectivity index (χ2v) is 5.28. The minimum atomic E-state index is -0.248. The second-order valence-electron chi connectivity index (χ2n) is 4.49. The van der Waals surface area contributed by atoms with Crippen molar-refractivity contribution in [2.24, 2.45) is 5.73 Å². The Bertz CT molecular complexity index is 383. The molecule has 0 aromatic heterocycles. The summed E-state index contributed by atoms with van der Waals surface area (Å²) in [6, 6.07) is 3.55. The zero-order valence-corrected chi connectivity index (χ0v) is 10.5. The number of aryl methyl sites for hydroxylation is 1. The van der Waals surface area contributed by atoms with Crippen LogP contribution in [0.2, 0.25) is 0 Å². The first kappa shape index (κ1) is 11.0. The number of phenolic OH excluding ortho intramolecular Hbond substituents is 1. The van der Waals surface area contributed by atoms with Gasteiger partial charge < -0.3 is 10.8 Å². The molecule has 3 N–H and O–H groups in total. The monoisotopic (exact) mass is 269 g/mol. The molecule has 2 nitrogen and oxygen atoms in total. The summed E-state index contributed by atoms with van der Waals surface area (Å²) in [4.78, 5) is 0. The van der Waals surface area contributed by atoms with Crippen LogP contribution in [0, 0.1) is 6.92 Å². The van der Waals surface area contributed by atoms with E-state index < -0.39 is 0 Å². The molecule has 0 heterocycles. The van der Waals surface area contributed by atoms with E-state index in [1.54, 1.807) is 12.1 Å². The van der Waals surface area contributed by atoms with E-state index in [1.807, 2.05) is 6.92 Å². The third kappa shape index (κ3) is 1.91. The van der Waals surface area contributed by atoms with E-state index in [9.17, 15) is 5.11 Å². The number of aromatic hydroxyl groups is 1. The van der Waals surface area contributed by atoms with Crippen molar-refractivity contribution in [3.63, 3.8) is 0 Å². The Morgan fingerprint density at radius 1 is 1.33 bits per heavy atom. The quantitative estimate of drug-likeness (QED) is 0.823. The summed E-state index contributed by atoms with van der Waals surface area (Å²) in [5.74, 6) is 0.308. The minimum absolute atomic E-state index is 0.248. The van der Waals surface area contributed by atoms with Crippen LogP contribution in [-0.2, 0) is 5.54 Å². The van der Waals surface area contributed by atoms with Gasteiger partial charge in [-0.3, -0.25) is 0 Å². The largest absolute Gasteiger partial charge is 0.508 e. The predicted octanol–water partition coefficient (Wildman–Crippen LogP) is 3.19. The van der Waals surface area contributed by atoms with Gasteiger partial charge in [0, 0.05) is 10.0 Å². The molecule has 15 heavy (non-hydrogen) atoms. The van der Waals surface area contributed by atoms with Gasteiger partial charge in [0.05, 0.1) is 0 Å². The van der Waals surface area contributed by atoms with Crippen LogP contribution in [0.25, 0.3) is 0 Å². The van der Waals surface area contributed by atoms with Gasteiger partial charge in [0.25, 0.3) is 0 Å². The highest BCUT2D eigenvalue weighted by Crippen LogP contribution is 2.41. The van der Waals surface area contributed by atoms with Crippen molar-refractivity contribution < 1.29 is 5.11 Å². The topological polar surface area (TPSA) is 46.2 Å². The van der Waals surface area contributed by atoms with E-state index in [4.69, 9.17) is 5.73 Å². The van der Waals surface area contributed by atoms with Gasteiger partial charge in [0.2, 0.25) is 0 Å². The lowest BCUT2D eigenvalue weighted by Crippen LogP contribution is -2.33. The lowest BCUT2D eigenvalue weighted by molar-refractivity contribution is 0.444. The molecule has 1 aromatic carbocycles. The fourth-order valence-electron chi connectivity index (χ4n) is 2.39. The number of rotatable bonds is 1. The number of hydrogen-bond donors (Lipinski definition) is 2. The Labute approximate surface area is 98.6 Å². The number of hydrogen-bond acceptors (Lipinski definition) is 2. The van der Waals surface area contributed by atoms with Gasteiger partial charge in [-0.15, -0.1) is 0 Å². The zero-order valence-electron chi connectivity index (χ0n) is 8.89. The smallest absolute Gasteiger partial charge is 0.116 e. The molecule has 1 fully saturated rings. The normalized spacial score (nSPS) is 19.4. The molecule has 0 aliphatic heterocycles. The lowest BCUT2D eigenvalue weighted by Gasteiger charge is -2.26. The highest BCUT2D eigenvalue weighted by molar-refractivity contribution is 9.10. The first-order valence-corrected chi connectivity index (χ1v) is 6.11. The van der Waals surface area contributed by atoms with Crippen LogP contribution in [0.3, 0.4) is 0 Å². The highest BCUT2D eigenvalue weighted by Gasteiger charge is 2.33. The fourth-order valence-corrected chi connectivity index (χ4v) is 3.01. The number of phenols is 1. The molecule has 1 saturated carbocycles. The van der Waals surface area contributed by atoms with Crippen molar-refractivity contribution in [1.29, 1.82) is 0 Å². The summed E-state index contributed by atoms with van der Waals surface area (Å²) in [5.41, 5.74) is 8.23. The van der Waals surface area contributed by atoms with Crippen molar-refractivity contribution >= 4 is 15.9 Å². The fraction of sp³-hybridized carbons (Fsp3) is 0.500. The van der Waals surface area contributed by atoms with Crippen LogP contribution in [0.4, 0.5) is 0 Å². The van der Waals surface area contributed by atoms with Gasteiger partial charge >= 0.3 is 0 Å². The van der Waals surface area contributed by atoms with Crippen molar-refractivity contribution in [1.82, 2.24) is 0 Å². The number of nitrogens with two attached hydrogens (primary N) is 1. The van der Waals surface area contributed by atoms with Crippen LogP contribution in [-0.4, -0.2) is 5.11 Å². The SMILES string of the molecule is Cc1cc(O)cc(C2(N)CCCC2)c1Br. The molecule has 0 saturated heterocycles. The second kappa shape index (κ2) is 3.80. The summed E-state index contributed by atoms with van der Waals surface area (Å²) >= 11 is 3.57. The van der Waals surface area contributed by atoms with Crippen LogP contribution in [0.15, 0.2) is 16.6 Å². The zero-order chi connectivity index (χ0) is 11.1. The third-order valence-corrected chi connectivity index (χ3v) is 4.32. The molecule has 1 aliphatic carbocycles. The molecule has 0 bridgehead atoms. The minimum Gasteiger partial charge on any atom is -0.508 e. The van der Waals surface area contributed by atoms with Gasteiger partial charge in [-0.1, -0.05) is 28.8 Å². The molecule has 0 unspecified atom stereocenters. The molecule has 1 aromatic rings. The first-order chi connectivity index (χ1) is 7.03. The molecule has 82 valence electrons. The van der Waals surface area contributed by atoms with Crippen LogP contribution >= 0.6 is 15.9 Å². The lowest BCUT2D eigenvalue weighted by atomic mass is 9.88. The van der Waals surface area contributed by atoms with Crippen molar-refractivity contribution in [2.45, 2.75) is 38.1 Å². The molecule has 0 radical (unpaired) electrons. The molecule has 0 atom stereocenters. The van der Waals surface area contributed by atoms with Crippen molar-refractivity contribution in [2.75, 3.05) is 0 Å². The summed E-state index contributed by atoms with van der Waals surface area (Å²) in [6.07, 6.45) is 4.37. The van der Waals surface area contributed by atoms with Gasteiger partial charge in [0.1, 0.15) is 5.75 Å². The molecule has 3 heteroatoms. The Balaban J connectivity index is 2.51. The number of halogens is 1. The Hall–Kier alpha value is -0.540. The van der Waals surface area contributed by atoms with Crippen LogP contribution in [0.5, 0.6) is 5.75 Å². The summed E-state index contributed by atoms with van der Waals surface area (Å²) in [7, 11) is 0. The van der Waals surface area contributed by atoms with Gasteiger partial charge in [-0.05, 0) is 43.0 Å².